The fraction of sp³-hybridized carbons (Fsp3) is 0.500. The predicted molar refractivity (Wildman–Crippen MR) is 76.3 cm³/mol. The fourth-order valence-corrected chi connectivity index (χ4v) is 1.46. The number of nitrogens with one attached hydrogen (secondary N) is 2. The molecular formula is C14H21N3O4. The number of amides is 2. The van der Waals surface area contributed by atoms with Crippen molar-refractivity contribution in [3.05, 3.63) is 30.1 Å². The zero-order valence-electron chi connectivity index (χ0n) is 12.4. The summed E-state index contributed by atoms with van der Waals surface area (Å²) < 4.78 is 5.03. The first-order chi connectivity index (χ1) is 9.81. The van der Waals surface area contributed by atoms with Gasteiger partial charge in [0.2, 0.25) is 5.91 Å². The third-order valence-electron chi connectivity index (χ3n) is 2.41. The van der Waals surface area contributed by atoms with E-state index < -0.39 is 30.3 Å². The number of pyridine rings is 1. The Labute approximate surface area is 123 Å². The second-order valence-electron chi connectivity index (χ2n) is 5.45. The SMILES string of the molecule is CC(C)(C)OC(=O)N[C@@H](CO)C(=O)NCc1ccncc1. The summed E-state index contributed by atoms with van der Waals surface area (Å²) in [5.74, 6) is -0.486. The van der Waals surface area contributed by atoms with Crippen molar-refractivity contribution >= 4 is 12.0 Å². The summed E-state index contributed by atoms with van der Waals surface area (Å²) in [5.41, 5.74) is 0.199. The number of alkyl carbamates (subject to hydrolysis) is 1. The van der Waals surface area contributed by atoms with Gasteiger partial charge in [-0.2, -0.15) is 0 Å². The standard InChI is InChI=1S/C14H21N3O4/c1-14(2,3)21-13(20)17-11(9-18)12(19)16-8-10-4-6-15-7-5-10/h4-7,11,18H,8-9H2,1-3H3,(H,16,19)(H,17,20)/t11-/m0/s1. The smallest absolute Gasteiger partial charge is 0.408 e. The van der Waals surface area contributed by atoms with Crippen molar-refractivity contribution in [3.8, 4) is 0 Å². The summed E-state index contributed by atoms with van der Waals surface area (Å²) in [6, 6.07) is 2.46. The van der Waals surface area contributed by atoms with E-state index in [2.05, 4.69) is 15.6 Å². The topological polar surface area (TPSA) is 101 Å². The highest BCUT2D eigenvalue weighted by atomic mass is 16.6. The average molecular weight is 295 g/mol. The fourth-order valence-electron chi connectivity index (χ4n) is 1.46. The molecule has 0 unspecified atom stereocenters. The number of aliphatic hydroxyl groups is 1. The van der Waals surface area contributed by atoms with Crippen molar-refractivity contribution in [2.24, 2.45) is 0 Å². The van der Waals surface area contributed by atoms with Crippen LogP contribution in [-0.4, -0.2) is 40.3 Å². The van der Waals surface area contributed by atoms with Crippen molar-refractivity contribution in [1.82, 2.24) is 15.6 Å². The Bertz CT molecular complexity index is 471. The molecule has 0 spiro atoms. The van der Waals surface area contributed by atoms with E-state index in [9.17, 15) is 14.7 Å². The van der Waals surface area contributed by atoms with Gasteiger partial charge in [-0.3, -0.25) is 9.78 Å². The normalized spacial score (nSPS) is 12.4. The number of hydrogen-bond acceptors (Lipinski definition) is 5. The lowest BCUT2D eigenvalue weighted by atomic mass is 10.2. The van der Waals surface area contributed by atoms with Gasteiger partial charge in [0.1, 0.15) is 11.6 Å². The number of carbonyl (C=O) groups excluding carboxylic acids is 2. The number of rotatable bonds is 5. The predicted octanol–water partition coefficient (Wildman–Crippen LogP) is 0.583. The van der Waals surface area contributed by atoms with E-state index in [-0.39, 0.29) is 6.54 Å². The van der Waals surface area contributed by atoms with E-state index in [1.165, 1.54) is 0 Å². The summed E-state index contributed by atoms with van der Waals surface area (Å²) >= 11 is 0. The molecule has 0 aliphatic rings. The molecule has 1 aromatic rings. The molecule has 0 aromatic carbocycles. The molecule has 0 bridgehead atoms. The second-order valence-corrected chi connectivity index (χ2v) is 5.45. The molecular weight excluding hydrogens is 274 g/mol. The Balaban J connectivity index is 2.48. The van der Waals surface area contributed by atoms with Crippen molar-refractivity contribution in [1.29, 1.82) is 0 Å². The minimum absolute atomic E-state index is 0.286. The van der Waals surface area contributed by atoms with Gasteiger partial charge in [0.25, 0.3) is 0 Å². The molecule has 0 aliphatic heterocycles. The number of carbonyl (C=O) groups is 2. The molecule has 1 heterocycles. The van der Waals surface area contributed by atoms with Crippen LogP contribution in [0.2, 0.25) is 0 Å². The molecule has 1 atom stereocenters. The van der Waals surface area contributed by atoms with Crippen LogP contribution in [0.3, 0.4) is 0 Å². The third kappa shape index (κ3) is 6.71. The summed E-state index contributed by atoms with van der Waals surface area (Å²) in [5, 5.41) is 14.1. The third-order valence-corrected chi connectivity index (χ3v) is 2.41. The van der Waals surface area contributed by atoms with Crippen LogP contribution in [0.4, 0.5) is 4.79 Å². The lowest BCUT2D eigenvalue weighted by molar-refractivity contribution is -0.124. The maximum Gasteiger partial charge on any atom is 0.408 e. The molecule has 116 valence electrons. The molecule has 0 radical (unpaired) electrons. The number of nitrogens with zero attached hydrogens (tertiary/aromatic N) is 1. The van der Waals surface area contributed by atoms with Gasteiger partial charge in [0.15, 0.2) is 0 Å². The summed E-state index contributed by atoms with van der Waals surface area (Å²) in [6.45, 7) is 4.91. The first-order valence-corrected chi connectivity index (χ1v) is 6.59. The first-order valence-electron chi connectivity index (χ1n) is 6.59. The molecule has 1 rings (SSSR count). The molecule has 1 aromatic heterocycles. The van der Waals surface area contributed by atoms with Gasteiger partial charge < -0.3 is 20.5 Å². The van der Waals surface area contributed by atoms with Gasteiger partial charge in [-0.1, -0.05) is 0 Å². The molecule has 2 amide bonds. The van der Waals surface area contributed by atoms with Crippen LogP contribution in [0.5, 0.6) is 0 Å². The van der Waals surface area contributed by atoms with E-state index in [4.69, 9.17) is 4.74 Å². The lowest BCUT2D eigenvalue weighted by Gasteiger charge is -2.22. The minimum Gasteiger partial charge on any atom is -0.444 e. The molecule has 0 saturated carbocycles. The van der Waals surface area contributed by atoms with Gasteiger partial charge in [-0.05, 0) is 38.5 Å². The van der Waals surface area contributed by atoms with Gasteiger partial charge in [0, 0.05) is 18.9 Å². The van der Waals surface area contributed by atoms with Crippen LogP contribution in [-0.2, 0) is 16.1 Å². The summed E-state index contributed by atoms with van der Waals surface area (Å²) in [6.07, 6.45) is 2.48. The number of aliphatic hydroxyl groups excluding tert-OH is 1. The highest BCUT2D eigenvalue weighted by Gasteiger charge is 2.23. The van der Waals surface area contributed by atoms with Crippen LogP contribution in [0.25, 0.3) is 0 Å². The van der Waals surface area contributed by atoms with Crippen molar-refractivity contribution < 1.29 is 19.4 Å². The zero-order valence-corrected chi connectivity index (χ0v) is 12.4. The lowest BCUT2D eigenvalue weighted by Crippen LogP contribution is -2.49. The molecule has 0 saturated heterocycles. The Morgan fingerprint density at radius 1 is 1.33 bits per heavy atom. The van der Waals surface area contributed by atoms with Gasteiger partial charge >= 0.3 is 6.09 Å². The second kappa shape index (κ2) is 7.58. The van der Waals surface area contributed by atoms with E-state index >= 15 is 0 Å². The highest BCUT2D eigenvalue weighted by molar-refractivity contribution is 5.85. The zero-order chi connectivity index (χ0) is 15.9. The van der Waals surface area contributed by atoms with Crippen LogP contribution in [0.1, 0.15) is 26.3 Å². The molecule has 7 heteroatoms. The largest absolute Gasteiger partial charge is 0.444 e. The molecule has 0 fully saturated rings. The maximum absolute atomic E-state index is 11.9. The highest BCUT2D eigenvalue weighted by Crippen LogP contribution is 2.06. The van der Waals surface area contributed by atoms with Crippen LogP contribution in [0.15, 0.2) is 24.5 Å². The van der Waals surface area contributed by atoms with Crippen molar-refractivity contribution in [2.45, 2.75) is 39.0 Å². The van der Waals surface area contributed by atoms with E-state index in [0.29, 0.717) is 0 Å². The molecule has 0 aliphatic carbocycles. The molecule has 3 N–H and O–H groups in total. The minimum atomic E-state index is -1.05. The Hall–Kier alpha value is -2.15. The Morgan fingerprint density at radius 2 is 1.95 bits per heavy atom. The van der Waals surface area contributed by atoms with E-state index in [1.54, 1.807) is 45.3 Å². The van der Waals surface area contributed by atoms with Gasteiger partial charge in [-0.15, -0.1) is 0 Å². The van der Waals surface area contributed by atoms with E-state index in [1.807, 2.05) is 0 Å². The first kappa shape index (κ1) is 16.9. The Kier molecular flexibility index (Phi) is 6.10. The number of ether oxygens (including phenoxy) is 1. The van der Waals surface area contributed by atoms with Crippen LogP contribution >= 0.6 is 0 Å². The summed E-state index contributed by atoms with van der Waals surface area (Å²) in [4.78, 5) is 27.3. The summed E-state index contributed by atoms with van der Waals surface area (Å²) in [7, 11) is 0. The quantitative estimate of drug-likeness (QED) is 0.738. The van der Waals surface area contributed by atoms with Crippen molar-refractivity contribution in [2.75, 3.05) is 6.61 Å². The van der Waals surface area contributed by atoms with Gasteiger partial charge in [-0.25, -0.2) is 4.79 Å². The maximum atomic E-state index is 11.9. The Morgan fingerprint density at radius 3 is 2.48 bits per heavy atom. The molecule has 7 nitrogen and oxygen atoms in total. The van der Waals surface area contributed by atoms with Gasteiger partial charge in [0.05, 0.1) is 6.61 Å². The number of aromatic nitrogens is 1. The average Bonchev–Trinajstić information content (AvgIpc) is 2.41. The number of hydrogen-bond donors (Lipinski definition) is 3. The van der Waals surface area contributed by atoms with Crippen molar-refractivity contribution in [3.63, 3.8) is 0 Å². The van der Waals surface area contributed by atoms with Crippen LogP contribution in [0, 0.1) is 0 Å². The monoisotopic (exact) mass is 295 g/mol. The van der Waals surface area contributed by atoms with Crippen LogP contribution < -0.4 is 10.6 Å². The molecule has 21 heavy (non-hydrogen) atoms. The van der Waals surface area contributed by atoms with E-state index in [0.717, 1.165) is 5.56 Å².